The van der Waals surface area contributed by atoms with E-state index in [9.17, 15) is 0 Å². The molecule has 0 spiro atoms. The fraction of sp³-hybridized carbons (Fsp3) is 0.242. The van der Waals surface area contributed by atoms with Gasteiger partial charge in [-0.3, -0.25) is 10.1 Å². The molecule has 0 bridgehead atoms. The van der Waals surface area contributed by atoms with Crippen molar-refractivity contribution in [2.75, 3.05) is 13.1 Å². The molecule has 1 fully saturated rings. The zero-order chi connectivity index (χ0) is 27.6. The first-order chi connectivity index (χ1) is 19.5. The fourth-order valence-electron chi connectivity index (χ4n) is 5.49. The molecule has 5 aromatic rings. The summed E-state index contributed by atoms with van der Waals surface area (Å²) in [4.78, 5) is 15.4. The lowest BCUT2D eigenvalue weighted by molar-refractivity contribution is 0.372. The molecule has 1 aliphatic rings. The van der Waals surface area contributed by atoms with Gasteiger partial charge in [0, 0.05) is 44.4 Å². The Balaban J connectivity index is 1.34. The first-order valence-electron chi connectivity index (χ1n) is 13.8. The lowest BCUT2D eigenvalue weighted by Gasteiger charge is -2.22. The van der Waals surface area contributed by atoms with Crippen LogP contribution in [0.3, 0.4) is 0 Å². The molecule has 202 valence electrons. The van der Waals surface area contributed by atoms with Crippen LogP contribution < -0.4 is 5.32 Å². The van der Waals surface area contributed by atoms with E-state index in [1.165, 1.54) is 23.3 Å². The van der Waals surface area contributed by atoms with Crippen molar-refractivity contribution in [2.24, 2.45) is 5.92 Å². The van der Waals surface area contributed by atoms with E-state index in [1.54, 1.807) is 11.3 Å². The van der Waals surface area contributed by atoms with Crippen molar-refractivity contribution in [2.45, 2.75) is 33.1 Å². The predicted molar refractivity (Wildman–Crippen MR) is 167 cm³/mol. The van der Waals surface area contributed by atoms with Crippen molar-refractivity contribution in [3.63, 3.8) is 0 Å². The topological polar surface area (TPSA) is 82.3 Å². The summed E-state index contributed by atoms with van der Waals surface area (Å²) in [5.41, 5.74) is 9.28. The molecule has 0 radical (unpaired) electrons. The fourth-order valence-corrected chi connectivity index (χ4v) is 6.45. The first-order valence-corrected chi connectivity index (χ1v) is 14.6. The standard InChI is InChI=1S/C33H34N6S/c1-5-6-26(30-10-9-29(40-30)20(2)3)31-21(4)36-33(37-31)32-27-17-24(7-8-28(27)38-39-32)25-16-23(18-35-19-25)15-22-11-13-34-14-12-22/h5-10,16-19,22,34H,1-2,11-15H2,3-4H3,(H,36,37)(H,38,39)/b26-6-. The minimum atomic E-state index is 0.722. The van der Waals surface area contributed by atoms with Gasteiger partial charge in [-0.15, -0.1) is 11.3 Å². The maximum Gasteiger partial charge on any atom is 0.159 e. The minimum Gasteiger partial charge on any atom is -0.340 e. The van der Waals surface area contributed by atoms with Gasteiger partial charge < -0.3 is 10.3 Å². The van der Waals surface area contributed by atoms with Gasteiger partial charge in [-0.2, -0.15) is 5.10 Å². The minimum absolute atomic E-state index is 0.722. The summed E-state index contributed by atoms with van der Waals surface area (Å²) < 4.78 is 0. The smallest absolute Gasteiger partial charge is 0.159 e. The van der Waals surface area contributed by atoms with E-state index in [0.717, 1.165) is 86.4 Å². The Morgan fingerprint density at radius 3 is 2.67 bits per heavy atom. The normalized spacial score (nSPS) is 14.6. The van der Waals surface area contributed by atoms with Gasteiger partial charge in [0.15, 0.2) is 5.82 Å². The molecular weight excluding hydrogens is 512 g/mol. The van der Waals surface area contributed by atoms with E-state index in [1.807, 2.05) is 31.5 Å². The molecular formula is C33H34N6S. The number of imidazole rings is 1. The lowest BCUT2D eigenvalue weighted by Crippen LogP contribution is -2.28. The largest absolute Gasteiger partial charge is 0.340 e. The number of pyridine rings is 1. The van der Waals surface area contributed by atoms with Crippen molar-refractivity contribution in [3.8, 4) is 22.6 Å². The molecule has 6 rings (SSSR count). The second kappa shape index (κ2) is 11.2. The Kier molecular flexibility index (Phi) is 7.32. The molecule has 4 aromatic heterocycles. The molecule has 1 saturated heterocycles. The summed E-state index contributed by atoms with van der Waals surface area (Å²) >= 11 is 1.71. The Bertz CT molecular complexity index is 1730. The van der Waals surface area contributed by atoms with Gasteiger partial charge in [-0.05, 0) is 99.1 Å². The van der Waals surface area contributed by atoms with Crippen LogP contribution >= 0.6 is 11.3 Å². The van der Waals surface area contributed by atoms with Gasteiger partial charge in [0.05, 0.1) is 11.2 Å². The van der Waals surface area contributed by atoms with Crippen LogP contribution in [0.25, 0.3) is 44.7 Å². The van der Waals surface area contributed by atoms with Crippen LogP contribution in [0.2, 0.25) is 0 Å². The van der Waals surface area contributed by atoms with Gasteiger partial charge in [0.2, 0.25) is 0 Å². The SMILES string of the molecule is C=C/C=C(/c1ccc(C(=C)C)s1)c1nc(-c2n[nH]c3ccc(-c4cncc(CC5CCNCC5)c4)cc23)[nH]c1C. The highest BCUT2D eigenvalue weighted by Gasteiger charge is 2.19. The number of piperidine rings is 1. The van der Waals surface area contributed by atoms with E-state index >= 15 is 0 Å². The number of hydrogen-bond donors (Lipinski definition) is 3. The maximum absolute atomic E-state index is 5.05. The molecule has 6 nitrogen and oxygen atoms in total. The van der Waals surface area contributed by atoms with Gasteiger partial charge in [0.25, 0.3) is 0 Å². The van der Waals surface area contributed by atoms with Crippen molar-refractivity contribution in [1.82, 2.24) is 30.5 Å². The van der Waals surface area contributed by atoms with E-state index in [0.29, 0.717) is 0 Å². The third kappa shape index (κ3) is 5.22. The number of thiophene rings is 1. The Morgan fingerprint density at radius 1 is 1.07 bits per heavy atom. The number of fused-ring (bicyclic) bond motifs is 1. The molecule has 3 N–H and O–H groups in total. The van der Waals surface area contributed by atoms with Crippen LogP contribution in [0.15, 0.2) is 74.1 Å². The summed E-state index contributed by atoms with van der Waals surface area (Å²) in [5, 5.41) is 12.3. The number of aromatic amines is 2. The van der Waals surface area contributed by atoms with Gasteiger partial charge in [-0.25, -0.2) is 4.98 Å². The molecule has 0 aliphatic carbocycles. The molecule has 7 heteroatoms. The molecule has 0 saturated carbocycles. The van der Waals surface area contributed by atoms with Crippen molar-refractivity contribution >= 4 is 33.4 Å². The zero-order valence-corrected chi connectivity index (χ0v) is 23.9. The number of rotatable bonds is 8. The molecule has 0 atom stereocenters. The number of allylic oxidation sites excluding steroid dienone is 3. The van der Waals surface area contributed by atoms with Gasteiger partial charge in [0.1, 0.15) is 5.69 Å². The quantitative estimate of drug-likeness (QED) is 0.175. The van der Waals surface area contributed by atoms with Crippen molar-refractivity contribution in [3.05, 3.63) is 101 Å². The Hall–Kier alpha value is -4.07. The first kappa shape index (κ1) is 26.2. The lowest BCUT2D eigenvalue weighted by atomic mass is 9.91. The summed E-state index contributed by atoms with van der Waals surface area (Å²) in [6, 6.07) is 12.9. The third-order valence-corrected chi connectivity index (χ3v) is 8.90. The predicted octanol–water partition coefficient (Wildman–Crippen LogP) is 7.58. The highest BCUT2D eigenvalue weighted by Crippen LogP contribution is 2.35. The number of nitrogens with one attached hydrogen (secondary N) is 3. The maximum atomic E-state index is 5.05. The van der Waals surface area contributed by atoms with Gasteiger partial charge >= 0.3 is 0 Å². The highest BCUT2D eigenvalue weighted by atomic mass is 32.1. The summed E-state index contributed by atoms with van der Waals surface area (Å²) in [5.74, 6) is 1.46. The van der Waals surface area contributed by atoms with Crippen LogP contribution in [-0.4, -0.2) is 38.2 Å². The number of H-pyrrole nitrogens is 2. The number of aryl methyl sites for hydroxylation is 1. The average Bonchev–Trinajstić information content (AvgIpc) is 3.71. The second-order valence-electron chi connectivity index (χ2n) is 10.6. The molecule has 0 unspecified atom stereocenters. The van der Waals surface area contributed by atoms with Crippen LogP contribution in [0, 0.1) is 12.8 Å². The van der Waals surface area contributed by atoms with E-state index < -0.39 is 0 Å². The van der Waals surface area contributed by atoms with Crippen molar-refractivity contribution < 1.29 is 0 Å². The Labute approximate surface area is 239 Å². The second-order valence-corrected chi connectivity index (χ2v) is 11.7. The summed E-state index contributed by atoms with van der Waals surface area (Å²) in [7, 11) is 0. The van der Waals surface area contributed by atoms with Crippen LogP contribution in [-0.2, 0) is 6.42 Å². The highest BCUT2D eigenvalue weighted by molar-refractivity contribution is 7.14. The van der Waals surface area contributed by atoms with Crippen LogP contribution in [0.1, 0.15) is 46.5 Å². The van der Waals surface area contributed by atoms with Crippen LogP contribution in [0.4, 0.5) is 0 Å². The summed E-state index contributed by atoms with van der Waals surface area (Å²) in [6.45, 7) is 14.3. The molecule has 1 aromatic carbocycles. The average molecular weight is 547 g/mol. The van der Waals surface area contributed by atoms with Gasteiger partial charge in [-0.1, -0.05) is 31.4 Å². The zero-order valence-electron chi connectivity index (χ0n) is 23.1. The number of aromatic nitrogens is 5. The summed E-state index contributed by atoms with van der Waals surface area (Å²) in [6.07, 6.45) is 11.3. The molecule has 0 amide bonds. The van der Waals surface area contributed by atoms with E-state index in [2.05, 4.69) is 82.0 Å². The molecule has 40 heavy (non-hydrogen) atoms. The molecule has 5 heterocycles. The Morgan fingerprint density at radius 2 is 1.90 bits per heavy atom. The number of benzene rings is 1. The monoisotopic (exact) mass is 546 g/mol. The van der Waals surface area contributed by atoms with Crippen molar-refractivity contribution in [1.29, 1.82) is 0 Å². The number of hydrogen-bond acceptors (Lipinski definition) is 5. The molecule has 1 aliphatic heterocycles. The van der Waals surface area contributed by atoms with E-state index in [-0.39, 0.29) is 0 Å². The third-order valence-electron chi connectivity index (χ3n) is 7.61. The number of nitrogens with zero attached hydrogens (tertiary/aromatic N) is 3. The van der Waals surface area contributed by atoms with Crippen LogP contribution in [0.5, 0.6) is 0 Å². The van der Waals surface area contributed by atoms with E-state index in [4.69, 9.17) is 4.98 Å².